The molecule has 104 valence electrons. The van der Waals surface area contributed by atoms with Crippen LogP contribution in [0.2, 0.25) is 0 Å². The van der Waals surface area contributed by atoms with Gasteiger partial charge in [0.2, 0.25) is 15.9 Å². The van der Waals surface area contributed by atoms with Crippen LogP contribution in [0.25, 0.3) is 0 Å². The Labute approximate surface area is 126 Å². The molecule has 1 atom stereocenters. The smallest absolute Gasteiger partial charge is 0.228 e. The highest BCUT2D eigenvalue weighted by atomic mass is 79.9. The molecule has 1 heterocycles. The van der Waals surface area contributed by atoms with E-state index in [0.717, 1.165) is 0 Å². The Bertz CT molecular complexity index is 627. The number of hydrogen-bond donors (Lipinski definition) is 1. The summed E-state index contributed by atoms with van der Waals surface area (Å²) < 4.78 is 36.5. The van der Waals surface area contributed by atoms with Crippen LogP contribution in [-0.4, -0.2) is 26.1 Å². The summed E-state index contributed by atoms with van der Waals surface area (Å²) in [5.41, 5.74) is 0.401. The van der Waals surface area contributed by atoms with Gasteiger partial charge in [0.15, 0.2) is 0 Å². The number of sulfonamides is 1. The van der Waals surface area contributed by atoms with Crippen LogP contribution in [0.1, 0.15) is 6.42 Å². The molecular formula is C10H9Br2FN2O3S. The monoisotopic (exact) mass is 414 g/mol. The number of anilines is 1. The molecule has 9 heteroatoms. The van der Waals surface area contributed by atoms with E-state index in [1.54, 1.807) is 0 Å². The lowest BCUT2D eigenvalue weighted by atomic mass is 10.3. The fourth-order valence-corrected chi connectivity index (χ4v) is 4.19. The predicted molar refractivity (Wildman–Crippen MR) is 75.7 cm³/mol. The van der Waals surface area contributed by atoms with E-state index in [1.807, 2.05) is 0 Å². The largest absolute Gasteiger partial charge is 0.309 e. The van der Waals surface area contributed by atoms with Gasteiger partial charge in [-0.15, -0.1) is 0 Å². The lowest BCUT2D eigenvalue weighted by molar-refractivity contribution is -0.117. The van der Waals surface area contributed by atoms with Gasteiger partial charge in [0.25, 0.3) is 0 Å². The van der Waals surface area contributed by atoms with E-state index in [2.05, 4.69) is 31.9 Å². The normalized spacial score (nSPS) is 20.1. The Morgan fingerprint density at radius 3 is 2.26 bits per heavy atom. The molecule has 1 saturated heterocycles. The van der Waals surface area contributed by atoms with Crippen molar-refractivity contribution in [1.29, 1.82) is 0 Å². The lowest BCUT2D eigenvalue weighted by Gasteiger charge is -2.19. The molecule has 1 aliphatic heterocycles. The zero-order chi connectivity index (χ0) is 14.4. The standard InChI is InChI=1S/C10H9Br2FN2O3S/c11-7-1-5(13)2-8(12)10(7)15-4-6(3-9(15)16)19(14,17)18/h1-2,6H,3-4H2,(H2,14,17,18). The van der Waals surface area contributed by atoms with Crippen LogP contribution >= 0.6 is 31.9 Å². The van der Waals surface area contributed by atoms with E-state index < -0.39 is 21.1 Å². The first-order valence-corrected chi connectivity index (χ1v) is 8.36. The number of nitrogens with zero attached hydrogens (tertiary/aromatic N) is 1. The molecule has 2 N–H and O–H groups in total. The highest BCUT2D eigenvalue weighted by Gasteiger charge is 2.38. The van der Waals surface area contributed by atoms with Crippen molar-refractivity contribution in [2.75, 3.05) is 11.4 Å². The maximum Gasteiger partial charge on any atom is 0.228 e. The van der Waals surface area contributed by atoms with Crippen LogP contribution < -0.4 is 10.0 Å². The number of carbonyl (C=O) groups excluding carboxylic acids is 1. The molecule has 1 unspecified atom stereocenters. The number of rotatable bonds is 2. The number of amides is 1. The summed E-state index contributed by atoms with van der Waals surface area (Å²) >= 11 is 6.32. The fraction of sp³-hybridized carbons (Fsp3) is 0.300. The zero-order valence-electron chi connectivity index (χ0n) is 9.44. The van der Waals surface area contributed by atoms with Crippen molar-refractivity contribution in [2.45, 2.75) is 11.7 Å². The van der Waals surface area contributed by atoms with Gasteiger partial charge in [0.05, 0.1) is 5.69 Å². The molecule has 0 aliphatic carbocycles. The van der Waals surface area contributed by atoms with E-state index in [4.69, 9.17) is 5.14 Å². The molecule has 19 heavy (non-hydrogen) atoms. The van der Waals surface area contributed by atoms with Gasteiger partial charge in [-0.3, -0.25) is 4.79 Å². The van der Waals surface area contributed by atoms with Gasteiger partial charge in [-0.25, -0.2) is 17.9 Å². The van der Waals surface area contributed by atoms with E-state index >= 15 is 0 Å². The van der Waals surface area contributed by atoms with Crippen molar-refractivity contribution in [1.82, 2.24) is 0 Å². The molecule has 1 aromatic rings. The first-order chi connectivity index (χ1) is 8.70. The Kier molecular flexibility index (Phi) is 4.01. The second-order valence-corrected chi connectivity index (χ2v) is 7.69. The first-order valence-electron chi connectivity index (χ1n) is 5.16. The number of halogens is 3. The first kappa shape index (κ1) is 14.9. The SMILES string of the molecule is NS(=O)(=O)C1CC(=O)N(c2c(Br)cc(F)cc2Br)C1. The zero-order valence-corrected chi connectivity index (χ0v) is 13.4. The molecule has 1 fully saturated rings. The molecule has 2 rings (SSSR count). The Morgan fingerprint density at radius 2 is 1.84 bits per heavy atom. The minimum absolute atomic E-state index is 0.0412. The van der Waals surface area contributed by atoms with Gasteiger partial charge < -0.3 is 4.90 Å². The Morgan fingerprint density at radius 1 is 1.32 bits per heavy atom. The average molecular weight is 416 g/mol. The number of hydrogen-bond acceptors (Lipinski definition) is 3. The van der Waals surface area contributed by atoms with E-state index in [0.29, 0.717) is 14.6 Å². The molecule has 1 amide bonds. The molecule has 0 bridgehead atoms. The maximum absolute atomic E-state index is 13.2. The quantitative estimate of drug-likeness (QED) is 0.798. The average Bonchev–Trinajstić information content (AvgIpc) is 2.59. The summed E-state index contributed by atoms with van der Waals surface area (Å²) in [6.45, 7) is -0.0412. The van der Waals surface area contributed by atoms with Crippen LogP contribution in [0, 0.1) is 5.82 Å². The van der Waals surface area contributed by atoms with E-state index in [-0.39, 0.29) is 18.9 Å². The van der Waals surface area contributed by atoms with Crippen LogP contribution in [0.3, 0.4) is 0 Å². The maximum atomic E-state index is 13.2. The van der Waals surface area contributed by atoms with Crippen LogP contribution in [0.4, 0.5) is 10.1 Å². The van der Waals surface area contributed by atoms with Crippen LogP contribution in [-0.2, 0) is 14.8 Å². The third-order valence-corrected chi connectivity index (χ3v) is 5.26. The Balaban J connectivity index is 2.42. The van der Waals surface area contributed by atoms with Gasteiger partial charge in [-0.1, -0.05) is 0 Å². The summed E-state index contributed by atoms with van der Waals surface area (Å²) in [7, 11) is -3.78. The van der Waals surface area contributed by atoms with Crippen molar-refractivity contribution in [2.24, 2.45) is 5.14 Å². The van der Waals surface area contributed by atoms with Crippen molar-refractivity contribution in [3.05, 3.63) is 26.9 Å². The second-order valence-electron chi connectivity index (χ2n) is 4.14. The highest BCUT2D eigenvalue weighted by molar-refractivity contribution is 9.11. The molecule has 0 radical (unpaired) electrons. The van der Waals surface area contributed by atoms with Crippen molar-refractivity contribution < 1.29 is 17.6 Å². The molecule has 5 nitrogen and oxygen atoms in total. The molecule has 0 spiro atoms. The molecule has 0 saturated carbocycles. The van der Waals surface area contributed by atoms with Crippen molar-refractivity contribution >= 4 is 53.5 Å². The summed E-state index contributed by atoms with van der Waals surface area (Å²) in [5.74, 6) is -0.843. The summed E-state index contributed by atoms with van der Waals surface area (Å²) in [6, 6.07) is 2.41. The van der Waals surface area contributed by atoms with Crippen molar-refractivity contribution in [3.63, 3.8) is 0 Å². The van der Waals surface area contributed by atoms with Gasteiger partial charge in [-0.2, -0.15) is 0 Å². The Hall–Kier alpha value is -0.510. The fourth-order valence-electron chi connectivity index (χ4n) is 1.90. The summed E-state index contributed by atoms with van der Waals surface area (Å²) in [5, 5.41) is 4.11. The van der Waals surface area contributed by atoms with Gasteiger partial charge in [0.1, 0.15) is 11.1 Å². The minimum Gasteiger partial charge on any atom is -0.309 e. The molecular weight excluding hydrogens is 407 g/mol. The van der Waals surface area contributed by atoms with Gasteiger partial charge in [-0.05, 0) is 44.0 Å². The third-order valence-electron chi connectivity index (χ3n) is 2.81. The van der Waals surface area contributed by atoms with E-state index in [9.17, 15) is 17.6 Å². The lowest BCUT2D eigenvalue weighted by Crippen LogP contribution is -2.32. The van der Waals surface area contributed by atoms with Crippen LogP contribution in [0.15, 0.2) is 21.1 Å². The van der Waals surface area contributed by atoms with Gasteiger partial charge in [0, 0.05) is 21.9 Å². The predicted octanol–water partition coefficient (Wildman–Crippen LogP) is 1.74. The second kappa shape index (κ2) is 5.12. The molecule has 1 aliphatic rings. The number of nitrogens with two attached hydrogens (primary N) is 1. The summed E-state index contributed by atoms with van der Waals surface area (Å²) in [4.78, 5) is 13.2. The van der Waals surface area contributed by atoms with Gasteiger partial charge >= 0.3 is 0 Å². The highest BCUT2D eigenvalue weighted by Crippen LogP contribution is 2.37. The summed E-state index contributed by atoms with van der Waals surface area (Å²) in [6.07, 6.45) is -0.172. The topological polar surface area (TPSA) is 80.5 Å². The third kappa shape index (κ3) is 2.99. The molecule has 1 aromatic carbocycles. The number of carbonyl (C=O) groups is 1. The number of benzene rings is 1. The van der Waals surface area contributed by atoms with Crippen LogP contribution in [0.5, 0.6) is 0 Å². The number of primary sulfonamides is 1. The van der Waals surface area contributed by atoms with Crippen molar-refractivity contribution in [3.8, 4) is 0 Å². The van der Waals surface area contributed by atoms with E-state index in [1.165, 1.54) is 17.0 Å². The minimum atomic E-state index is -3.78. The molecule has 0 aromatic heterocycles.